The molecule has 6 unspecified atom stereocenters. The van der Waals surface area contributed by atoms with Crippen LogP contribution in [0.4, 0.5) is 0 Å². The highest BCUT2D eigenvalue weighted by Crippen LogP contribution is 2.44. The summed E-state index contributed by atoms with van der Waals surface area (Å²) in [6, 6.07) is 0. The molecule has 8 nitrogen and oxygen atoms in total. The molecule has 1 saturated carbocycles. The van der Waals surface area contributed by atoms with E-state index in [0.717, 1.165) is 38.5 Å². The summed E-state index contributed by atoms with van der Waals surface area (Å²) in [6.07, 6.45) is 10.3. The monoisotopic (exact) mass is 512 g/mol. The second kappa shape index (κ2) is 15.9. The highest BCUT2D eigenvalue weighted by Gasteiger charge is 2.36. The van der Waals surface area contributed by atoms with Crippen molar-refractivity contribution in [2.45, 2.75) is 105 Å². The molecule has 1 aliphatic rings. The third-order valence-corrected chi connectivity index (χ3v) is 8.87. The lowest BCUT2D eigenvalue weighted by Crippen LogP contribution is -2.33. The van der Waals surface area contributed by atoms with Crippen LogP contribution >= 0.6 is 0 Å². The number of rotatable bonds is 18. The van der Waals surface area contributed by atoms with Crippen molar-refractivity contribution in [3.05, 3.63) is 0 Å². The van der Waals surface area contributed by atoms with Crippen molar-refractivity contribution in [3.8, 4) is 0 Å². The van der Waals surface area contributed by atoms with Crippen molar-refractivity contribution in [2.75, 3.05) is 0 Å². The van der Waals surface area contributed by atoms with Gasteiger partial charge in [-0.3, -0.25) is 19.2 Å². The smallest absolute Gasteiger partial charge is 0.318 e. The summed E-state index contributed by atoms with van der Waals surface area (Å²) in [6.45, 7) is 8.31. The molecular formula is C28H48O8. The number of aliphatic carboxylic acids is 4. The normalized spacial score (nSPS) is 23.9. The van der Waals surface area contributed by atoms with Gasteiger partial charge in [-0.2, -0.15) is 0 Å². The molecule has 1 rings (SSSR count). The Hall–Kier alpha value is -2.12. The Balaban J connectivity index is 2.64. The van der Waals surface area contributed by atoms with Crippen molar-refractivity contribution in [1.82, 2.24) is 0 Å². The van der Waals surface area contributed by atoms with Gasteiger partial charge in [-0.15, -0.1) is 0 Å². The van der Waals surface area contributed by atoms with Crippen LogP contribution in [0.1, 0.15) is 105 Å². The van der Waals surface area contributed by atoms with Gasteiger partial charge in [-0.05, 0) is 61.2 Å². The number of carboxylic acid groups (broad SMARTS) is 4. The molecule has 1 aliphatic carbocycles. The first-order valence-electron chi connectivity index (χ1n) is 13.9. The second-order valence-corrected chi connectivity index (χ2v) is 11.1. The lowest BCUT2D eigenvalue weighted by Gasteiger charge is -2.41. The largest absolute Gasteiger partial charge is 0.481 e. The summed E-state index contributed by atoms with van der Waals surface area (Å²) in [5.74, 6) is -6.09. The minimum Gasteiger partial charge on any atom is -0.481 e. The van der Waals surface area contributed by atoms with Crippen LogP contribution in [0.5, 0.6) is 0 Å². The summed E-state index contributed by atoms with van der Waals surface area (Å²) >= 11 is 0. The fourth-order valence-corrected chi connectivity index (χ4v) is 6.60. The van der Waals surface area contributed by atoms with E-state index in [-0.39, 0.29) is 11.8 Å². The average molecular weight is 513 g/mol. The topological polar surface area (TPSA) is 149 Å². The summed E-state index contributed by atoms with van der Waals surface area (Å²) in [5.41, 5.74) is 0. The standard InChI is InChI=1S/C28H48O8/c1-5-19(23(25(29)30)26(31)32)11-7-9-13-21-17(3)15-16-18(4)22(21)14-10-8-12-20(6-2)24(27(33)34)28(35)36/h17-24H,5-16H2,1-4H3,(H,29,30)(H,31,32)(H,33,34)(H,35,36). The molecule has 208 valence electrons. The Morgan fingerprint density at radius 2 is 0.917 bits per heavy atom. The van der Waals surface area contributed by atoms with Crippen LogP contribution in [0, 0.1) is 47.3 Å². The van der Waals surface area contributed by atoms with Crippen LogP contribution < -0.4 is 0 Å². The van der Waals surface area contributed by atoms with E-state index in [9.17, 15) is 39.6 Å². The van der Waals surface area contributed by atoms with Crippen LogP contribution in [-0.4, -0.2) is 44.3 Å². The van der Waals surface area contributed by atoms with Crippen LogP contribution in [0.2, 0.25) is 0 Å². The van der Waals surface area contributed by atoms with Crippen LogP contribution in [0.3, 0.4) is 0 Å². The first-order valence-corrected chi connectivity index (χ1v) is 13.9. The molecule has 0 bridgehead atoms. The third kappa shape index (κ3) is 9.40. The van der Waals surface area contributed by atoms with Crippen molar-refractivity contribution >= 4 is 23.9 Å². The molecule has 0 aliphatic heterocycles. The van der Waals surface area contributed by atoms with Gasteiger partial charge in [0.15, 0.2) is 11.8 Å². The predicted octanol–water partition coefficient (Wildman–Crippen LogP) is 6.03. The Morgan fingerprint density at radius 3 is 1.17 bits per heavy atom. The van der Waals surface area contributed by atoms with Gasteiger partial charge < -0.3 is 20.4 Å². The summed E-state index contributed by atoms with van der Waals surface area (Å²) in [7, 11) is 0. The zero-order valence-electron chi connectivity index (χ0n) is 22.5. The minimum atomic E-state index is -1.34. The van der Waals surface area contributed by atoms with Crippen LogP contribution in [0.25, 0.3) is 0 Å². The van der Waals surface area contributed by atoms with Crippen LogP contribution in [0.15, 0.2) is 0 Å². The molecule has 1 fully saturated rings. The van der Waals surface area contributed by atoms with Gasteiger partial charge in [-0.25, -0.2) is 0 Å². The highest BCUT2D eigenvalue weighted by atomic mass is 16.4. The van der Waals surface area contributed by atoms with Gasteiger partial charge in [0.1, 0.15) is 0 Å². The molecule has 0 aromatic rings. The van der Waals surface area contributed by atoms with E-state index in [4.69, 9.17) is 0 Å². The summed E-state index contributed by atoms with van der Waals surface area (Å²) in [4.78, 5) is 45.6. The van der Waals surface area contributed by atoms with Crippen molar-refractivity contribution in [1.29, 1.82) is 0 Å². The van der Waals surface area contributed by atoms with E-state index < -0.39 is 35.7 Å². The van der Waals surface area contributed by atoms with Gasteiger partial charge in [0, 0.05) is 0 Å². The lowest BCUT2D eigenvalue weighted by atomic mass is 9.64. The Morgan fingerprint density at radius 1 is 0.611 bits per heavy atom. The number of hydrogen-bond acceptors (Lipinski definition) is 4. The maximum absolute atomic E-state index is 11.4. The highest BCUT2D eigenvalue weighted by molar-refractivity contribution is 5.93. The molecule has 0 spiro atoms. The molecule has 0 amide bonds. The SMILES string of the molecule is CCC(CCCCC1C(C)CCC(C)C1CCCCC(CC)C(C(=O)O)C(=O)O)C(C(=O)O)C(=O)O. The molecule has 0 heterocycles. The summed E-state index contributed by atoms with van der Waals surface area (Å²) in [5, 5.41) is 37.2. The molecule has 8 heteroatoms. The van der Waals surface area contributed by atoms with Gasteiger partial charge >= 0.3 is 23.9 Å². The fourth-order valence-electron chi connectivity index (χ4n) is 6.60. The third-order valence-electron chi connectivity index (χ3n) is 8.87. The van der Waals surface area contributed by atoms with E-state index in [1.165, 1.54) is 12.8 Å². The first kappa shape index (κ1) is 31.9. The number of unbranched alkanes of at least 4 members (excludes halogenated alkanes) is 2. The molecule has 0 radical (unpaired) electrons. The van der Waals surface area contributed by atoms with E-state index in [1.54, 1.807) is 0 Å². The molecule has 0 saturated heterocycles. The van der Waals surface area contributed by atoms with Crippen molar-refractivity contribution in [2.24, 2.45) is 47.3 Å². The van der Waals surface area contributed by atoms with Crippen LogP contribution in [-0.2, 0) is 19.2 Å². The van der Waals surface area contributed by atoms with E-state index in [1.807, 2.05) is 13.8 Å². The maximum Gasteiger partial charge on any atom is 0.318 e. The molecule has 0 aromatic heterocycles. The number of carbonyl (C=O) groups is 4. The Bertz CT molecular complexity index is 632. The Labute approximate surface area is 215 Å². The maximum atomic E-state index is 11.4. The van der Waals surface area contributed by atoms with E-state index >= 15 is 0 Å². The fraction of sp³-hybridized carbons (Fsp3) is 0.857. The van der Waals surface area contributed by atoms with Crippen molar-refractivity contribution in [3.63, 3.8) is 0 Å². The summed E-state index contributed by atoms with van der Waals surface area (Å²) < 4.78 is 0. The lowest BCUT2D eigenvalue weighted by molar-refractivity contribution is -0.159. The van der Waals surface area contributed by atoms with Gasteiger partial charge in [0.2, 0.25) is 0 Å². The average Bonchev–Trinajstić information content (AvgIpc) is 2.79. The van der Waals surface area contributed by atoms with E-state index in [0.29, 0.717) is 49.4 Å². The van der Waals surface area contributed by atoms with Gasteiger partial charge in [-0.1, -0.05) is 79.1 Å². The number of hydrogen-bond donors (Lipinski definition) is 4. The molecular weight excluding hydrogens is 464 g/mol. The van der Waals surface area contributed by atoms with Gasteiger partial charge in [0.25, 0.3) is 0 Å². The molecule has 0 aromatic carbocycles. The van der Waals surface area contributed by atoms with Gasteiger partial charge in [0.05, 0.1) is 0 Å². The first-order chi connectivity index (χ1) is 17.0. The quantitative estimate of drug-likeness (QED) is 0.128. The Kier molecular flexibility index (Phi) is 14.1. The van der Waals surface area contributed by atoms with E-state index in [2.05, 4.69) is 13.8 Å². The zero-order valence-corrected chi connectivity index (χ0v) is 22.5. The van der Waals surface area contributed by atoms with Crippen molar-refractivity contribution < 1.29 is 39.6 Å². The minimum absolute atomic E-state index is 0.356. The second-order valence-electron chi connectivity index (χ2n) is 11.1. The molecule has 36 heavy (non-hydrogen) atoms. The molecule has 4 N–H and O–H groups in total. The molecule has 6 atom stereocenters. The predicted molar refractivity (Wildman–Crippen MR) is 137 cm³/mol. The zero-order chi connectivity index (χ0) is 27.4. The number of carboxylic acids is 4.